The zero-order chi connectivity index (χ0) is 15.7. The zero-order valence-corrected chi connectivity index (χ0v) is 13.2. The number of piperidine rings is 1. The number of fused-ring (bicyclic) bond motifs is 1. The van der Waals surface area contributed by atoms with Crippen LogP contribution in [-0.2, 0) is 4.79 Å². The average Bonchev–Trinajstić information content (AvgIpc) is 2.88. The van der Waals surface area contributed by atoms with Crippen LogP contribution in [0.25, 0.3) is 11.0 Å². The van der Waals surface area contributed by atoms with Gasteiger partial charge in [-0.1, -0.05) is 6.58 Å². The minimum absolute atomic E-state index is 0.0322. The van der Waals surface area contributed by atoms with Crippen molar-refractivity contribution in [1.29, 1.82) is 0 Å². The molecule has 6 nitrogen and oxygen atoms in total. The molecule has 7 heteroatoms. The van der Waals surface area contributed by atoms with Crippen molar-refractivity contribution in [3.05, 3.63) is 29.7 Å². The molecule has 3 rings (SSSR count). The molecule has 1 atom stereocenters. The second-order valence-electron chi connectivity index (χ2n) is 5.51. The lowest BCUT2D eigenvalue weighted by atomic mass is 10.1. The number of likely N-dealkylation sites (tertiary alicyclic amines) is 1. The van der Waals surface area contributed by atoms with Gasteiger partial charge in [-0.2, -0.15) is 4.98 Å². The average molecular weight is 320 g/mol. The number of hydrogen-bond donors (Lipinski definition) is 2. The number of H-pyrrole nitrogens is 1. The minimum atomic E-state index is -0.0322. The van der Waals surface area contributed by atoms with E-state index in [1.54, 1.807) is 4.90 Å². The molecule has 1 aliphatic heterocycles. The summed E-state index contributed by atoms with van der Waals surface area (Å²) in [6.07, 6.45) is 5.17. The molecule has 3 heterocycles. The van der Waals surface area contributed by atoms with Gasteiger partial charge in [0.25, 0.3) is 0 Å². The third-order valence-corrected chi connectivity index (χ3v) is 4.12. The molecule has 0 spiro atoms. The van der Waals surface area contributed by atoms with Gasteiger partial charge in [-0.15, -0.1) is 0 Å². The standard InChI is InChI=1S/C15H18ClN5O/c1-3-11(22)21-6-4-5-10(8-21)18-14-12-9(2)7-17-13(12)19-15(16)20-14/h3,7,10H,1,4-6,8H2,2H3,(H2,17,18,19,20)/t10-/m1/s1. The lowest BCUT2D eigenvalue weighted by Crippen LogP contribution is -2.44. The SMILES string of the molecule is C=CC(=O)N1CCC[C@@H](Nc2nc(Cl)nc3[nH]cc(C)c23)C1. The molecule has 2 aromatic heterocycles. The Morgan fingerprint density at radius 2 is 2.41 bits per heavy atom. The van der Waals surface area contributed by atoms with E-state index >= 15 is 0 Å². The molecule has 0 unspecified atom stereocenters. The summed E-state index contributed by atoms with van der Waals surface area (Å²) < 4.78 is 0. The molecule has 2 aromatic rings. The van der Waals surface area contributed by atoms with Crippen molar-refractivity contribution < 1.29 is 4.79 Å². The van der Waals surface area contributed by atoms with E-state index in [1.165, 1.54) is 6.08 Å². The van der Waals surface area contributed by atoms with Gasteiger partial charge in [-0.05, 0) is 43.0 Å². The largest absolute Gasteiger partial charge is 0.365 e. The smallest absolute Gasteiger partial charge is 0.246 e. The summed E-state index contributed by atoms with van der Waals surface area (Å²) >= 11 is 5.99. The molecule has 0 aliphatic carbocycles. The molecule has 2 N–H and O–H groups in total. The van der Waals surface area contributed by atoms with Gasteiger partial charge in [-0.25, -0.2) is 4.98 Å². The van der Waals surface area contributed by atoms with Crippen LogP contribution in [0.15, 0.2) is 18.9 Å². The lowest BCUT2D eigenvalue weighted by Gasteiger charge is -2.33. The molecule has 1 saturated heterocycles. The third-order valence-electron chi connectivity index (χ3n) is 3.95. The van der Waals surface area contributed by atoms with Gasteiger partial charge < -0.3 is 15.2 Å². The van der Waals surface area contributed by atoms with Crippen LogP contribution in [0.5, 0.6) is 0 Å². The summed E-state index contributed by atoms with van der Waals surface area (Å²) in [4.78, 5) is 25.2. The minimum Gasteiger partial charge on any atom is -0.365 e. The Labute approximate surface area is 133 Å². The maximum absolute atomic E-state index is 11.8. The molecular formula is C15H18ClN5O. The summed E-state index contributed by atoms with van der Waals surface area (Å²) in [6, 6.07) is 0.140. The molecule has 0 radical (unpaired) electrons. The van der Waals surface area contributed by atoms with E-state index in [1.807, 2.05) is 13.1 Å². The number of halogens is 1. The third kappa shape index (κ3) is 2.78. The Bertz CT molecular complexity index is 726. The predicted molar refractivity (Wildman–Crippen MR) is 87.1 cm³/mol. The highest BCUT2D eigenvalue weighted by molar-refractivity contribution is 6.28. The molecule has 1 fully saturated rings. The monoisotopic (exact) mass is 319 g/mol. The molecule has 22 heavy (non-hydrogen) atoms. The van der Waals surface area contributed by atoms with Crippen LogP contribution in [-0.4, -0.2) is 44.9 Å². The molecule has 1 amide bonds. The summed E-state index contributed by atoms with van der Waals surface area (Å²) in [5.74, 6) is 0.682. The molecule has 1 aliphatic rings. The van der Waals surface area contributed by atoms with Gasteiger partial charge in [0, 0.05) is 25.3 Å². The van der Waals surface area contributed by atoms with Crippen molar-refractivity contribution in [2.45, 2.75) is 25.8 Å². The van der Waals surface area contributed by atoms with Crippen molar-refractivity contribution in [3.8, 4) is 0 Å². The van der Waals surface area contributed by atoms with E-state index in [-0.39, 0.29) is 17.2 Å². The fourth-order valence-electron chi connectivity index (χ4n) is 2.88. The first-order valence-corrected chi connectivity index (χ1v) is 7.65. The number of carbonyl (C=O) groups excluding carboxylic acids is 1. The molecule has 116 valence electrons. The fraction of sp³-hybridized carbons (Fsp3) is 0.400. The number of nitrogens with one attached hydrogen (secondary N) is 2. The number of anilines is 1. The highest BCUT2D eigenvalue weighted by atomic mass is 35.5. The van der Waals surface area contributed by atoms with Crippen LogP contribution in [0, 0.1) is 6.92 Å². The summed E-state index contributed by atoms with van der Waals surface area (Å²) in [7, 11) is 0. The topological polar surface area (TPSA) is 73.9 Å². The molecular weight excluding hydrogens is 302 g/mol. The second-order valence-corrected chi connectivity index (χ2v) is 5.85. The van der Waals surface area contributed by atoms with Gasteiger partial charge in [0.05, 0.1) is 5.39 Å². The van der Waals surface area contributed by atoms with E-state index in [4.69, 9.17) is 11.6 Å². The van der Waals surface area contributed by atoms with Gasteiger partial charge in [0.2, 0.25) is 11.2 Å². The van der Waals surface area contributed by atoms with Crippen LogP contribution in [0.3, 0.4) is 0 Å². The van der Waals surface area contributed by atoms with Crippen LogP contribution < -0.4 is 5.32 Å². The summed E-state index contributed by atoms with van der Waals surface area (Å²) in [5, 5.41) is 4.56. The van der Waals surface area contributed by atoms with Crippen LogP contribution in [0.1, 0.15) is 18.4 Å². The molecule has 0 bridgehead atoms. The first-order valence-electron chi connectivity index (χ1n) is 7.27. The summed E-state index contributed by atoms with van der Waals surface area (Å²) in [5.41, 5.74) is 1.78. The van der Waals surface area contributed by atoms with Crippen molar-refractivity contribution in [1.82, 2.24) is 19.9 Å². The highest BCUT2D eigenvalue weighted by Gasteiger charge is 2.23. The molecule has 0 saturated carbocycles. The normalized spacial score (nSPS) is 18.5. The van der Waals surface area contributed by atoms with Gasteiger partial charge in [0.15, 0.2) is 0 Å². The Morgan fingerprint density at radius 3 is 3.18 bits per heavy atom. The Hall–Kier alpha value is -2.08. The van der Waals surface area contributed by atoms with E-state index in [2.05, 4.69) is 26.8 Å². The Balaban J connectivity index is 1.85. The number of hydrogen-bond acceptors (Lipinski definition) is 4. The van der Waals surface area contributed by atoms with Crippen molar-refractivity contribution in [3.63, 3.8) is 0 Å². The quantitative estimate of drug-likeness (QED) is 0.673. The number of rotatable bonds is 3. The maximum atomic E-state index is 11.8. The van der Waals surface area contributed by atoms with Gasteiger partial charge >= 0.3 is 0 Å². The van der Waals surface area contributed by atoms with E-state index < -0.39 is 0 Å². The van der Waals surface area contributed by atoms with Gasteiger partial charge in [-0.3, -0.25) is 4.79 Å². The van der Waals surface area contributed by atoms with Crippen LogP contribution in [0.4, 0.5) is 5.82 Å². The number of amides is 1. The Morgan fingerprint density at radius 1 is 1.59 bits per heavy atom. The Kier molecular flexibility index (Phi) is 4.02. The van der Waals surface area contributed by atoms with E-state index in [0.29, 0.717) is 12.4 Å². The number of aromatic nitrogens is 3. The van der Waals surface area contributed by atoms with E-state index in [9.17, 15) is 4.79 Å². The number of nitrogens with zero attached hydrogens (tertiary/aromatic N) is 3. The predicted octanol–water partition coefficient (Wildman–Crippen LogP) is 2.51. The number of aryl methyl sites for hydroxylation is 1. The number of aromatic amines is 1. The first kappa shape index (κ1) is 14.8. The van der Waals surface area contributed by atoms with Crippen molar-refractivity contribution >= 4 is 34.4 Å². The fourth-order valence-corrected chi connectivity index (χ4v) is 3.05. The lowest BCUT2D eigenvalue weighted by molar-refractivity contribution is -0.127. The second kappa shape index (κ2) is 5.96. The number of carbonyl (C=O) groups is 1. The highest BCUT2D eigenvalue weighted by Crippen LogP contribution is 2.26. The first-order chi connectivity index (χ1) is 10.6. The van der Waals surface area contributed by atoms with Crippen molar-refractivity contribution in [2.75, 3.05) is 18.4 Å². The van der Waals surface area contributed by atoms with Crippen molar-refractivity contribution in [2.24, 2.45) is 0 Å². The van der Waals surface area contributed by atoms with Crippen LogP contribution >= 0.6 is 11.6 Å². The van der Waals surface area contributed by atoms with E-state index in [0.717, 1.165) is 36.0 Å². The zero-order valence-electron chi connectivity index (χ0n) is 12.4. The van der Waals surface area contributed by atoms with Gasteiger partial charge in [0.1, 0.15) is 11.5 Å². The molecule has 0 aromatic carbocycles. The van der Waals surface area contributed by atoms with Crippen LogP contribution in [0.2, 0.25) is 5.28 Å². The maximum Gasteiger partial charge on any atom is 0.246 e. The summed E-state index contributed by atoms with van der Waals surface area (Å²) in [6.45, 7) is 6.95.